The lowest BCUT2D eigenvalue weighted by Gasteiger charge is -2.22. The van der Waals surface area contributed by atoms with Crippen molar-refractivity contribution in [3.05, 3.63) is 75.2 Å². The van der Waals surface area contributed by atoms with Gasteiger partial charge in [0.1, 0.15) is 19.0 Å². The zero-order chi connectivity index (χ0) is 21.2. The number of aromatic nitrogens is 2. The van der Waals surface area contributed by atoms with E-state index in [1.807, 2.05) is 48.5 Å². The molecule has 160 valence electrons. The number of halogens is 1. The van der Waals surface area contributed by atoms with Gasteiger partial charge in [-0.05, 0) is 60.7 Å². The van der Waals surface area contributed by atoms with Crippen molar-refractivity contribution in [2.45, 2.75) is 38.5 Å². The molecule has 1 aromatic heterocycles. The third-order valence-corrected chi connectivity index (χ3v) is 5.92. The Kier molecular flexibility index (Phi) is 5.66. The van der Waals surface area contributed by atoms with Crippen LogP contribution in [0.3, 0.4) is 0 Å². The van der Waals surface area contributed by atoms with Crippen LogP contribution in [0.15, 0.2) is 53.3 Å². The molecular weight excluding hydrogens is 416 g/mol. The highest BCUT2D eigenvalue weighted by atomic mass is 35.5. The van der Waals surface area contributed by atoms with E-state index < -0.39 is 0 Å². The standard InChI is InChI=1S/C24H23ClN2O4/c25-18-4-1-3-16(11-18)14-30-19-6-7-21-17(12-19)8-9-27-22(21)13-23(26-24(27)28)31-15-20-5-2-10-29-20/h1,3-4,6-7,11-13,20H,2,5,8-10,14-15H2. The normalized spacial score (nSPS) is 17.1. The number of aryl methyl sites for hydroxylation is 1. The van der Waals surface area contributed by atoms with Crippen molar-refractivity contribution in [3.63, 3.8) is 0 Å². The van der Waals surface area contributed by atoms with Crippen LogP contribution in [0, 0.1) is 0 Å². The van der Waals surface area contributed by atoms with Crippen LogP contribution in [0.5, 0.6) is 11.6 Å². The summed E-state index contributed by atoms with van der Waals surface area (Å²) in [5.41, 5.74) is 3.69. The fourth-order valence-electron chi connectivity index (χ4n) is 4.09. The molecule has 0 N–H and O–H groups in total. The van der Waals surface area contributed by atoms with Crippen molar-refractivity contribution in [2.24, 2.45) is 0 Å². The summed E-state index contributed by atoms with van der Waals surface area (Å²) in [7, 11) is 0. The first-order valence-electron chi connectivity index (χ1n) is 10.5. The van der Waals surface area contributed by atoms with E-state index in [1.165, 1.54) is 0 Å². The number of hydrogen-bond acceptors (Lipinski definition) is 5. The summed E-state index contributed by atoms with van der Waals surface area (Å²) in [5, 5.41) is 0.694. The smallest absolute Gasteiger partial charge is 0.351 e. The number of fused-ring (bicyclic) bond motifs is 3. The molecule has 0 amide bonds. The number of benzene rings is 2. The van der Waals surface area contributed by atoms with Gasteiger partial charge >= 0.3 is 5.69 Å². The van der Waals surface area contributed by atoms with E-state index in [2.05, 4.69) is 4.98 Å². The van der Waals surface area contributed by atoms with E-state index in [-0.39, 0.29) is 11.8 Å². The van der Waals surface area contributed by atoms with Crippen molar-refractivity contribution in [1.29, 1.82) is 0 Å². The molecule has 0 radical (unpaired) electrons. The maximum Gasteiger partial charge on any atom is 0.351 e. The predicted octanol–water partition coefficient (Wildman–Crippen LogP) is 4.26. The number of rotatable bonds is 6. The van der Waals surface area contributed by atoms with Gasteiger partial charge in [-0.2, -0.15) is 4.98 Å². The maximum atomic E-state index is 12.5. The molecule has 1 fully saturated rings. The average molecular weight is 439 g/mol. The van der Waals surface area contributed by atoms with Gasteiger partial charge in [0.15, 0.2) is 0 Å². The Labute approximate surface area is 185 Å². The SMILES string of the molecule is O=c1nc(OCC2CCCO2)cc2n1CCc1cc(OCc3cccc(Cl)c3)ccc1-2. The minimum atomic E-state index is -0.285. The topological polar surface area (TPSA) is 62.6 Å². The highest BCUT2D eigenvalue weighted by Gasteiger charge is 2.21. The number of nitrogens with zero attached hydrogens (tertiary/aromatic N) is 2. The van der Waals surface area contributed by atoms with Crippen LogP contribution in [-0.4, -0.2) is 28.9 Å². The van der Waals surface area contributed by atoms with E-state index >= 15 is 0 Å². The molecule has 31 heavy (non-hydrogen) atoms. The monoisotopic (exact) mass is 438 g/mol. The second-order valence-electron chi connectivity index (χ2n) is 7.85. The van der Waals surface area contributed by atoms with Crippen LogP contribution >= 0.6 is 11.6 Å². The van der Waals surface area contributed by atoms with E-state index in [0.29, 0.717) is 30.7 Å². The van der Waals surface area contributed by atoms with Crippen molar-refractivity contribution in [3.8, 4) is 22.9 Å². The summed E-state index contributed by atoms with van der Waals surface area (Å²) in [6.45, 7) is 2.21. The third-order valence-electron chi connectivity index (χ3n) is 5.68. The second-order valence-corrected chi connectivity index (χ2v) is 8.28. The minimum absolute atomic E-state index is 0.0760. The van der Waals surface area contributed by atoms with Gasteiger partial charge in [0.05, 0.1) is 11.8 Å². The summed E-state index contributed by atoms with van der Waals surface area (Å²) in [5.74, 6) is 1.14. The first-order valence-corrected chi connectivity index (χ1v) is 10.9. The van der Waals surface area contributed by atoms with Gasteiger partial charge in [-0.3, -0.25) is 4.57 Å². The number of ether oxygens (including phenoxy) is 3. The molecule has 1 saturated heterocycles. The van der Waals surface area contributed by atoms with Gasteiger partial charge in [0.25, 0.3) is 0 Å². The Morgan fingerprint density at radius 1 is 1.16 bits per heavy atom. The molecule has 0 bridgehead atoms. The minimum Gasteiger partial charge on any atom is -0.489 e. The van der Waals surface area contributed by atoms with Gasteiger partial charge < -0.3 is 14.2 Å². The Morgan fingerprint density at radius 3 is 2.94 bits per heavy atom. The average Bonchev–Trinajstić information content (AvgIpc) is 3.30. The van der Waals surface area contributed by atoms with Crippen LogP contribution in [0.1, 0.15) is 24.0 Å². The van der Waals surface area contributed by atoms with Crippen LogP contribution in [-0.2, 0) is 24.3 Å². The van der Waals surface area contributed by atoms with Crippen molar-refractivity contribution in [2.75, 3.05) is 13.2 Å². The molecule has 1 unspecified atom stereocenters. The fraction of sp³-hybridized carbons (Fsp3) is 0.333. The molecule has 5 rings (SSSR count). The van der Waals surface area contributed by atoms with Crippen LogP contribution in [0.25, 0.3) is 11.3 Å². The summed E-state index contributed by atoms with van der Waals surface area (Å²) >= 11 is 6.05. The Bertz CT molecular complexity index is 1150. The lowest BCUT2D eigenvalue weighted by Crippen LogP contribution is -2.29. The van der Waals surface area contributed by atoms with Gasteiger partial charge in [0.2, 0.25) is 5.88 Å². The first kappa shape index (κ1) is 20.1. The highest BCUT2D eigenvalue weighted by Crippen LogP contribution is 2.32. The van der Waals surface area contributed by atoms with E-state index in [0.717, 1.165) is 54.0 Å². The molecule has 3 heterocycles. The van der Waals surface area contributed by atoms with E-state index in [4.69, 9.17) is 25.8 Å². The second kappa shape index (κ2) is 8.73. The van der Waals surface area contributed by atoms with Crippen molar-refractivity contribution in [1.82, 2.24) is 9.55 Å². The molecule has 0 spiro atoms. The van der Waals surface area contributed by atoms with E-state index in [9.17, 15) is 4.79 Å². The van der Waals surface area contributed by atoms with Gasteiger partial charge in [-0.15, -0.1) is 0 Å². The number of hydrogen-bond donors (Lipinski definition) is 0. The Hall–Kier alpha value is -2.83. The van der Waals surface area contributed by atoms with Gasteiger partial charge in [-0.25, -0.2) is 4.79 Å². The van der Waals surface area contributed by atoms with Crippen LogP contribution < -0.4 is 15.2 Å². The molecule has 7 heteroatoms. The third kappa shape index (κ3) is 4.45. The summed E-state index contributed by atoms with van der Waals surface area (Å²) < 4.78 is 19.0. The zero-order valence-corrected chi connectivity index (χ0v) is 17.8. The molecule has 2 aliphatic rings. The maximum absolute atomic E-state index is 12.5. The Balaban J connectivity index is 1.35. The summed E-state index contributed by atoms with van der Waals surface area (Å²) in [6, 6.07) is 15.5. The molecule has 2 aromatic carbocycles. The molecule has 6 nitrogen and oxygen atoms in total. The van der Waals surface area contributed by atoms with Gasteiger partial charge in [-0.1, -0.05) is 23.7 Å². The molecule has 1 atom stereocenters. The highest BCUT2D eigenvalue weighted by molar-refractivity contribution is 6.30. The van der Waals surface area contributed by atoms with Crippen LogP contribution in [0.4, 0.5) is 0 Å². The van der Waals surface area contributed by atoms with Crippen molar-refractivity contribution < 1.29 is 14.2 Å². The molecule has 0 saturated carbocycles. The molecular formula is C24H23ClN2O4. The largest absolute Gasteiger partial charge is 0.489 e. The Morgan fingerprint density at radius 2 is 2.10 bits per heavy atom. The molecule has 2 aliphatic heterocycles. The van der Waals surface area contributed by atoms with Crippen LogP contribution in [0.2, 0.25) is 5.02 Å². The first-order chi connectivity index (χ1) is 15.2. The summed E-state index contributed by atoms with van der Waals surface area (Å²) in [6.07, 6.45) is 2.84. The van der Waals surface area contributed by atoms with Gasteiger partial charge in [0, 0.05) is 29.8 Å². The fourth-order valence-corrected chi connectivity index (χ4v) is 4.31. The van der Waals surface area contributed by atoms with Crippen molar-refractivity contribution >= 4 is 11.6 Å². The predicted molar refractivity (Wildman–Crippen MR) is 118 cm³/mol. The molecule has 3 aromatic rings. The summed E-state index contributed by atoms with van der Waals surface area (Å²) in [4.78, 5) is 16.7. The molecule has 0 aliphatic carbocycles. The van der Waals surface area contributed by atoms with E-state index in [1.54, 1.807) is 4.57 Å². The quantitative estimate of drug-likeness (QED) is 0.575. The lowest BCUT2D eigenvalue weighted by atomic mass is 9.97. The zero-order valence-electron chi connectivity index (χ0n) is 17.1. The lowest BCUT2D eigenvalue weighted by molar-refractivity contribution is 0.0661.